The van der Waals surface area contributed by atoms with Crippen LogP contribution in [0, 0.1) is 18.6 Å². The van der Waals surface area contributed by atoms with Crippen LogP contribution in [0.1, 0.15) is 21.6 Å². The van der Waals surface area contributed by atoms with E-state index in [1.807, 2.05) is 0 Å². The third-order valence-electron chi connectivity index (χ3n) is 4.62. The van der Waals surface area contributed by atoms with E-state index < -0.39 is 5.82 Å². The number of carbonyl (C=O) groups excluding carboxylic acids is 1. The zero-order valence-electron chi connectivity index (χ0n) is 16.5. The number of ether oxygens (including phenoxy) is 1. The Kier molecular flexibility index (Phi) is 5.70. The molecule has 2 heterocycles. The van der Waals surface area contributed by atoms with Crippen LogP contribution in [0.15, 0.2) is 73.1 Å². The molecule has 0 saturated carbocycles. The number of halogens is 2. The maximum Gasteiger partial charge on any atom is 0.255 e. The molecular formula is C23H18F2N4O2. The van der Waals surface area contributed by atoms with E-state index in [1.165, 1.54) is 41.2 Å². The number of aromatic nitrogens is 3. The van der Waals surface area contributed by atoms with Crippen molar-refractivity contribution in [2.75, 3.05) is 0 Å². The van der Waals surface area contributed by atoms with Gasteiger partial charge in [0.2, 0.25) is 5.88 Å². The van der Waals surface area contributed by atoms with E-state index in [0.717, 1.165) is 5.56 Å². The second-order valence-corrected chi connectivity index (χ2v) is 6.75. The molecule has 0 bridgehead atoms. The Morgan fingerprint density at radius 1 is 1.10 bits per heavy atom. The summed E-state index contributed by atoms with van der Waals surface area (Å²) >= 11 is 0. The molecule has 2 aromatic heterocycles. The Hall–Kier alpha value is -4.07. The fraction of sp³-hybridized carbons (Fsp3) is 0.0870. The number of hydrogen-bond donors (Lipinski definition) is 1. The fourth-order valence-electron chi connectivity index (χ4n) is 3.02. The van der Waals surface area contributed by atoms with Crippen LogP contribution in [-0.4, -0.2) is 20.7 Å². The maximum atomic E-state index is 14.1. The Morgan fingerprint density at radius 3 is 2.65 bits per heavy atom. The van der Waals surface area contributed by atoms with Gasteiger partial charge < -0.3 is 10.1 Å². The summed E-state index contributed by atoms with van der Waals surface area (Å²) in [6, 6.07) is 15.2. The molecule has 0 fully saturated rings. The molecule has 0 aliphatic rings. The lowest BCUT2D eigenvalue weighted by molar-refractivity contribution is 0.0950. The lowest BCUT2D eigenvalue weighted by Crippen LogP contribution is -2.23. The average Bonchev–Trinajstić information content (AvgIpc) is 3.15. The van der Waals surface area contributed by atoms with Gasteiger partial charge in [-0.05, 0) is 55.0 Å². The van der Waals surface area contributed by atoms with Gasteiger partial charge in [-0.1, -0.05) is 12.1 Å². The highest BCUT2D eigenvalue weighted by atomic mass is 19.1. The number of hydrogen-bond acceptors (Lipinski definition) is 4. The van der Waals surface area contributed by atoms with Crippen molar-refractivity contribution in [3.63, 3.8) is 0 Å². The number of nitrogens with one attached hydrogen (secondary N) is 1. The number of para-hydroxylation sites is 1. The molecule has 31 heavy (non-hydrogen) atoms. The highest BCUT2D eigenvalue weighted by Gasteiger charge is 2.16. The predicted octanol–water partition coefficient (Wildman–Crippen LogP) is 4.58. The molecule has 0 atom stereocenters. The standard InChI is InChI=1S/C23H18F2N4O2/c1-15-19(14-28-29(15)21-5-3-2-4-20(21)25)23(30)27-13-16-10-11-26-22(12-16)31-18-8-6-17(24)7-9-18/h2-12,14H,13H2,1H3,(H,27,30). The van der Waals surface area contributed by atoms with Crippen LogP contribution in [0.3, 0.4) is 0 Å². The highest BCUT2D eigenvalue weighted by Crippen LogP contribution is 2.21. The molecule has 1 amide bonds. The van der Waals surface area contributed by atoms with Crippen LogP contribution in [0.5, 0.6) is 11.6 Å². The Bertz CT molecular complexity index is 1220. The molecule has 6 nitrogen and oxygen atoms in total. The third kappa shape index (κ3) is 4.58. The monoisotopic (exact) mass is 420 g/mol. The van der Waals surface area contributed by atoms with Gasteiger partial charge in [0.25, 0.3) is 5.91 Å². The highest BCUT2D eigenvalue weighted by molar-refractivity contribution is 5.95. The molecule has 8 heteroatoms. The second-order valence-electron chi connectivity index (χ2n) is 6.75. The molecule has 0 radical (unpaired) electrons. The van der Waals surface area contributed by atoms with Gasteiger partial charge in [-0.25, -0.2) is 18.4 Å². The van der Waals surface area contributed by atoms with Crippen molar-refractivity contribution in [2.45, 2.75) is 13.5 Å². The van der Waals surface area contributed by atoms with Crippen LogP contribution in [0.2, 0.25) is 0 Å². The third-order valence-corrected chi connectivity index (χ3v) is 4.62. The van der Waals surface area contributed by atoms with Crippen molar-refractivity contribution >= 4 is 5.91 Å². The van der Waals surface area contributed by atoms with Crippen molar-refractivity contribution in [3.05, 3.63) is 102 Å². The van der Waals surface area contributed by atoms with Gasteiger partial charge in [0.1, 0.15) is 23.1 Å². The van der Waals surface area contributed by atoms with E-state index in [-0.39, 0.29) is 24.0 Å². The van der Waals surface area contributed by atoms with Crippen LogP contribution < -0.4 is 10.1 Å². The number of pyridine rings is 1. The molecule has 0 saturated heterocycles. The van der Waals surface area contributed by atoms with E-state index in [4.69, 9.17) is 4.74 Å². The minimum atomic E-state index is -0.425. The van der Waals surface area contributed by atoms with Gasteiger partial charge >= 0.3 is 0 Å². The summed E-state index contributed by atoms with van der Waals surface area (Å²) in [7, 11) is 0. The summed E-state index contributed by atoms with van der Waals surface area (Å²) in [5.74, 6) is -0.345. The molecule has 4 rings (SSSR count). The van der Waals surface area contributed by atoms with Crippen molar-refractivity contribution in [2.24, 2.45) is 0 Å². The number of nitrogens with zero attached hydrogens (tertiary/aromatic N) is 3. The van der Waals surface area contributed by atoms with Crippen molar-refractivity contribution < 1.29 is 18.3 Å². The minimum absolute atomic E-state index is 0.228. The summed E-state index contributed by atoms with van der Waals surface area (Å²) in [5.41, 5.74) is 1.91. The number of benzene rings is 2. The lowest BCUT2D eigenvalue weighted by atomic mass is 10.2. The summed E-state index contributed by atoms with van der Waals surface area (Å²) in [6.45, 7) is 1.93. The van der Waals surface area contributed by atoms with Gasteiger partial charge in [0.15, 0.2) is 0 Å². The van der Waals surface area contributed by atoms with Crippen LogP contribution in [-0.2, 0) is 6.54 Å². The maximum absolute atomic E-state index is 14.1. The zero-order chi connectivity index (χ0) is 21.8. The van der Waals surface area contributed by atoms with Crippen molar-refractivity contribution in [3.8, 4) is 17.3 Å². The Balaban J connectivity index is 1.43. The summed E-state index contributed by atoms with van der Waals surface area (Å²) in [6.07, 6.45) is 2.97. The summed E-state index contributed by atoms with van der Waals surface area (Å²) < 4.78 is 34.1. The van der Waals surface area contributed by atoms with Crippen LogP contribution >= 0.6 is 0 Å². The molecule has 0 aliphatic carbocycles. The topological polar surface area (TPSA) is 69.0 Å². The SMILES string of the molecule is Cc1c(C(=O)NCc2ccnc(Oc3ccc(F)cc3)c2)cnn1-c1ccccc1F. The van der Waals surface area contributed by atoms with E-state index in [0.29, 0.717) is 22.9 Å². The van der Waals surface area contributed by atoms with Crippen LogP contribution in [0.25, 0.3) is 5.69 Å². The molecule has 156 valence electrons. The van der Waals surface area contributed by atoms with Gasteiger partial charge in [0.05, 0.1) is 17.5 Å². The average molecular weight is 420 g/mol. The second kappa shape index (κ2) is 8.74. The van der Waals surface area contributed by atoms with E-state index in [9.17, 15) is 13.6 Å². The molecule has 0 unspecified atom stereocenters. The first-order valence-corrected chi connectivity index (χ1v) is 9.47. The minimum Gasteiger partial charge on any atom is -0.439 e. The number of rotatable bonds is 6. The normalized spacial score (nSPS) is 10.7. The van der Waals surface area contributed by atoms with Crippen molar-refractivity contribution in [1.29, 1.82) is 0 Å². The predicted molar refractivity (Wildman–Crippen MR) is 110 cm³/mol. The molecule has 0 aliphatic heterocycles. The zero-order valence-corrected chi connectivity index (χ0v) is 16.5. The first-order chi connectivity index (χ1) is 15.0. The Labute approximate surface area is 177 Å². The fourth-order valence-corrected chi connectivity index (χ4v) is 3.02. The lowest BCUT2D eigenvalue weighted by Gasteiger charge is -2.09. The van der Waals surface area contributed by atoms with Gasteiger partial charge in [-0.2, -0.15) is 5.10 Å². The van der Waals surface area contributed by atoms with Gasteiger partial charge in [0, 0.05) is 18.8 Å². The molecule has 2 aromatic carbocycles. The van der Waals surface area contributed by atoms with Crippen molar-refractivity contribution in [1.82, 2.24) is 20.1 Å². The van der Waals surface area contributed by atoms with Gasteiger partial charge in [-0.15, -0.1) is 0 Å². The summed E-state index contributed by atoms with van der Waals surface area (Å²) in [5, 5.41) is 6.96. The largest absolute Gasteiger partial charge is 0.439 e. The first kappa shape index (κ1) is 20.2. The quantitative estimate of drug-likeness (QED) is 0.496. The van der Waals surface area contributed by atoms with Crippen LogP contribution in [0.4, 0.5) is 8.78 Å². The molecule has 0 spiro atoms. The molecule has 4 aromatic rings. The van der Waals surface area contributed by atoms with E-state index in [1.54, 1.807) is 43.5 Å². The summed E-state index contributed by atoms with van der Waals surface area (Å²) in [4.78, 5) is 16.8. The van der Waals surface area contributed by atoms with E-state index >= 15 is 0 Å². The number of amides is 1. The number of carbonyl (C=O) groups is 1. The van der Waals surface area contributed by atoms with E-state index in [2.05, 4.69) is 15.4 Å². The first-order valence-electron chi connectivity index (χ1n) is 9.47. The Morgan fingerprint density at radius 2 is 1.87 bits per heavy atom. The molecular weight excluding hydrogens is 402 g/mol. The van der Waals surface area contributed by atoms with Gasteiger partial charge in [-0.3, -0.25) is 4.79 Å². The smallest absolute Gasteiger partial charge is 0.255 e. The molecule has 1 N–H and O–H groups in total.